The SMILES string of the molecule is O=C(CCc1ccc(F)c(F)c1)N1CCCC[C@@H]1CCN1CCOCC1. The zero-order valence-corrected chi connectivity index (χ0v) is 15.3. The molecule has 2 saturated heterocycles. The number of hydrogen-bond acceptors (Lipinski definition) is 3. The van der Waals surface area contributed by atoms with Gasteiger partial charge in [0.15, 0.2) is 11.6 Å². The van der Waals surface area contributed by atoms with Gasteiger partial charge in [0, 0.05) is 38.6 Å². The molecule has 0 N–H and O–H groups in total. The number of rotatable bonds is 6. The fourth-order valence-corrected chi connectivity index (χ4v) is 3.88. The summed E-state index contributed by atoms with van der Waals surface area (Å²) in [6.45, 7) is 5.34. The number of morpholine rings is 1. The Labute approximate surface area is 154 Å². The molecule has 4 nitrogen and oxygen atoms in total. The zero-order chi connectivity index (χ0) is 18.4. The number of carbonyl (C=O) groups excluding carboxylic acids is 1. The molecule has 2 aliphatic rings. The van der Waals surface area contributed by atoms with Crippen LogP contribution in [0.15, 0.2) is 18.2 Å². The van der Waals surface area contributed by atoms with Gasteiger partial charge in [0.2, 0.25) is 5.91 Å². The summed E-state index contributed by atoms with van der Waals surface area (Å²) >= 11 is 0. The molecule has 1 amide bonds. The van der Waals surface area contributed by atoms with Crippen molar-refractivity contribution < 1.29 is 18.3 Å². The number of benzene rings is 1. The van der Waals surface area contributed by atoms with Gasteiger partial charge in [-0.25, -0.2) is 8.78 Å². The Morgan fingerprint density at radius 1 is 1.12 bits per heavy atom. The summed E-state index contributed by atoms with van der Waals surface area (Å²) in [7, 11) is 0. The average molecular weight is 366 g/mol. The number of hydrogen-bond donors (Lipinski definition) is 0. The molecule has 0 bridgehead atoms. The molecule has 0 aromatic heterocycles. The Morgan fingerprint density at radius 2 is 1.92 bits per heavy atom. The van der Waals surface area contributed by atoms with Crippen molar-refractivity contribution in [2.45, 2.75) is 44.6 Å². The van der Waals surface area contributed by atoms with Gasteiger partial charge in [0.05, 0.1) is 13.2 Å². The number of nitrogens with zero attached hydrogens (tertiary/aromatic N) is 2. The van der Waals surface area contributed by atoms with E-state index in [1.807, 2.05) is 4.90 Å². The fourth-order valence-electron chi connectivity index (χ4n) is 3.88. The van der Waals surface area contributed by atoms with Crippen LogP contribution in [0.3, 0.4) is 0 Å². The molecule has 1 aromatic rings. The van der Waals surface area contributed by atoms with Crippen LogP contribution >= 0.6 is 0 Å². The maximum Gasteiger partial charge on any atom is 0.223 e. The molecule has 1 aromatic carbocycles. The van der Waals surface area contributed by atoms with Crippen molar-refractivity contribution in [2.24, 2.45) is 0 Å². The largest absolute Gasteiger partial charge is 0.379 e. The fraction of sp³-hybridized carbons (Fsp3) is 0.650. The predicted molar refractivity (Wildman–Crippen MR) is 95.9 cm³/mol. The van der Waals surface area contributed by atoms with Crippen molar-refractivity contribution in [3.05, 3.63) is 35.4 Å². The third-order valence-corrected chi connectivity index (χ3v) is 5.44. The standard InChI is InChI=1S/C20H28F2N2O2/c21-18-6-4-16(15-19(18)22)5-7-20(25)24-9-2-1-3-17(24)8-10-23-11-13-26-14-12-23/h4,6,15,17H,1-3,5,7-14H2/t17-/m1/s1. The summed E-state index contributed by atoms with van der Waals surface area (Å²) in [6.07, 6.45) is 5.06. The molecule has 6 heteroatoms. The molecule has 0 spiro atoms. The highest BCUT2D eigenvalue weighted by Crippen LogP contribution is 2.22. The monoisotopic (exact) mass is 366 g/mol. The van der Waals surface area contributed by atoms with Gasteiger partial charge in [-0.15, -0.1) is 0 Å². The van der Waals surface area contributed by atoms with Crippen molar-refractivity contribution in [1.29, 1.82) is 0 Å². The van der Waals surface area contributed by atoms with Crippen molar-refractivity contribution in [1.82, 2.24) is 9.80 Å². The summed E-state index contributed by atoms with van der Waals surface area (Å²) in [5.74, 6) is -1.57. The first-order valence-electron chi connectivity index (χ1n) is 9.67. The van der Waals surface area contributed by atoms with Crippen LogP contribution in [0.1, 0.15) is 37.7 Å². The molecule has 1 atom stereocenters. The number of aryl methyl sites for hydroxylation is 1. The zero-order valence-electron chi connectivity index (χ0n) is 15.3. The predicted octanol–water partition coefficient (Wildman–Crippen LogP) is 3.00. The van der Waals surface area contributed by atoms with E-state index in [-0.39, 0.29) is 5.91 Å². The highest BCUT2D eigenvalue weighted by atomic mass is 19.2. The van der Waals surface area contributed by atoms with E-state index in [4.69, 9.17) is 4.74 Å². The quantitative estimate of drug-likeness (QED) is 0.776. The number of ether oxygens (including phenoxy) is 1. The molecule has 0 radical (unpaired) electrons. The molecular formula is C20H28F2N2O2. The van der Waals surface area contributed by atoms with Crippen molar-refractivity contribution in [3.8, 4) is 0 Å². The van der Waals surface area contributed by atoms with E-state index in [9.17, 15) is 13.6 Å². The van der Waals surface area contributed by atoms with Gasteiger partial charge < -0.3 is 9.64 Å². The topological polar surface area (TPSA) is 32.8 Å². The summed E-state index contributed by atoms with van der Waals surface area (Å²) < 4.78 is 31.7. The first kappa shape index (κ1) is 19.2. The highest BCUT2D eigenvalue weighted by molar-refractivity contribution is 5.77. The molecule has 2 fully saturated rings. The van der Waals surface area contributed by atoms with Crippen LogP contribution in [-0.4, -0.2) is 61.1 Å². The molecule has 0 aliphatic carbocycles. The molecule has 2 heterocycles. The number of amides is 1. The van der Waals surface area contributed by atoms with Crippen LogP contribution in [-0.2, 0) is 16.0 Å². The Bertz CT molecular complexity index is 605. The minimum Gasteiger partial charge on any atom is -0.379 e. The minimum absolute atomic E-state index is 0.126. The van der Waals surface area contributed by atoms with E-state index in [1.54, 1.807) is 6.07 Å². The van der Waals surface area contributed by atoms with E-state index in [2.05, 4.69) is 4.90 Å². The van der Waals surface area contributed by atoms with Gasteiger partial charge in [0.25, 0.3) is 0 Å². The average Bonchev–Trinajstić information content (AvgIpc) is 2.68. The lowest BCUT2D eigenvalue weighted by atomic mass is 9.98. The third kappa shape index (κ3) is 5.24. The van der Waals surface area contributed by atoms with Gasteiger partial charge >= 0.3 is 0 Å². The van der Waals surface area contributed by atoms with Gasteiger partial charge in [0.1, 0.15) is 0 Å². The third-order valence-electron chi connectivity index (χ3n) is 5.44. The molecule has 2 aliphatic heterocycles. The second-order valence-corrected chi connectivity index (χ2v) is 7.23. The lowest BCUT2D eigenvalue weighted by Gasteiger charge is -2.37. The minimum atomic E-state index is -0.851. The van der Waals surface area contributed by atoms with Crippen LogP contribution < -0.4 is 0 Å². The lowest BCUT2D eigenvalue weighted by molar-refractivity contribution is -0.135. The van der Waals surface area contributed by atoms with E-state index in [0.717, 1.165) is 64.7 Å². The Hall–Kier alpha value is -1.53. The van der Waals surface area contributed by atoms with E-state index < -0.39 is 11.6 Å². The normalized spacial score (nSPS) is 21.8. The van der Waals surface area contributed by atoms with E-state index >= 15 is 0 Å². The number of likely N-dealkylation sites (tertiary alicyclic amines) is 1. The number of halogens is 2. The van der Waals surface area contributed by atoms with E-state index in [0.29, 0.717) is 24.4 Å². The lowest BCUT2D eigenvalue weighted by Crippen LogP contribution is -2.46. The first-order chi connectivity index (χ1) is 12.6. The van der Waals surface area contributed by atoms with Crippen molar-refractivity contribution in [2.75, 3.05) is 39.4 Å². The van der Waals surface area contributed by atoms with Gasteiger partial charge in [-0.1, -0.05) is 6.07 Å². The first-order valence-corrected chi connectivity index (χ1v) is 9.67. The van der Waals surface area contributed by atoms with Crippen LogP contribution in [0.2, 0.25) is 0 Å². The Kier molecular flexibility index (Phi) is 6.97. The van der Waals surface area contributed by atoms with E-state index in [1.165, 1.54) is 12.5 Å². The molecule has 3 rings (SSSR count). The summed E-state index contributed by atoms with van der Waals surface area (Å²) in [4.78, 5) is 17.1. The van der Waals surface area contributed by atoms with Gasteiger partial charge in [-0.05, 0) is 49.8 Å². The van der Waals surface area contributed by atoms with Crippen LogP contribution in [0, 0.1) is 11.6 Å². The summed E-state index contributed by atoms with van der Waals surface area (Å²) in [5.41, 5.74) is 0.666. The summed E-state index contributed by atoms with van der Waals surface area (Å²) in [5, 5.41) is 0. The smallest absolute Gasteiger partial charge is 0.223 e. The maximum atomic E-state index is 13.3. The molecule has 26 heavy (non-hydrogen) atoms. The van der Waals surface area contributed by atoms with Crippen molar-refractivity contribution in [3.63, 3.8) is 0 Å². The molecular weight excluding hydrogens is 338 g/mol. The van der Waals surface area contributed by atoms with Gasteiger partial charge in [-0.2, -0.15) is 0 Å². The maximum absolute atomic E-state index is 13.3. The Morgan fingerprint density at radius 3 is 2.69 bits per heavy atom. The van der Waals surface area contributed by atoms with Gasteiger partial charge in [-0.3, -0.25) is 9.69 Å². The van der Waals surface area contributed by atoms with Crippen molar-refractivity contribution >= 4 is 5.91 Å². The second-order valence-electron chi connectivity index (χ2n) is 7.23. The number of carbonyl (C=O) groups is 1. The van der Waals surface area contributed by atoms with Crippen LogP contribution in [0.5, 0.6) is 0 Å². The van der Waals surface area contributed by atoms with Crippen LogP contribution in [0.4, 0.5) is 8.78 Å². The number of piperidine rings is 1. The van der Waals surface area contributed by atoms with Crippen LogP contribution in [0.25, 0.3) is 0 Å². The Balaban J connectivity index is 1.50. The second kappa shape index (κ2) is 9.42. The molecule has 0 unspecified atom stereocenters. The summed E-state index contributed by atoms with van der Waals surface area (Å²) in [6, 6.07) is 4.16. The molecule has 0 saturated carbocycles. The highest BCUT2D eigenvalue weighted by Gasteiger charge is 2.27. The molecule has 144 valence electrons.